The monoisotopic (exact) mass is 265 g/mol. The number of hydrogen-bond donors (Lipinski definition) is 1. The van der Waals surface area contributed by atoms with E-state index in [9.17, 15) is 4.39 Å². The molecule has 1 rings (SSSR count). The largest absolute Gasteiger partial charge is 0.314 e. The van der Waals surface area contributed by atoms with Crippen molar-refractivity contribution < 1.29 is 4.39 Å². The summed E-state index contributed by atoms with van der Waals surface area (Å²) in [7, 11) is 0. The minimum atomic E-state index is -0.123. The van der Waals surface area contributed by atoms with Crippen molar-refractivity contribution in [1.82, 2.24) is 5.32 Å². The van der Waals surface area contributed by atoms with Crippen molar-refractivity contribution in [2.45, 2.75) is 58.9 Å². The first-order valence-corrected chi connectivity index (χ1v) is 7.59. The highest BCUT2D eigenvalue weighted by molar-refractivity contribution is 5.16. The molecule has 2 heteroatoms. The van der Waals surface area contributed by atoms with Crippen LogP contribution in [0, 0.1) is 11.7 Å². The van der Waals surface area contributed by atoms with Crippen LogP contribution in [0.5, 0.6) is 0 Å². The van der Waals surface area contributed by atoms with E-state index >= 15 is 0 Å². The molecule has 0 fully saturated rings. The molecule has 0 aromatic heterocycles. The SMILES string of the molecule is CCCCCC(CNC(C)C)Cc1cccc(F)c1. The molecule has 0 aliphatic carbocycles. The lowest BCUT2D eigenvalue weighted by molar-refractivity contribution is 0.406. The van der Waals surface area contributed by atoms with Crippen LogP contribution in [0.4, 0.5) is 4.39 Å². The summed E-state index contributed by atoms with van der Waals surface area (Å²) in [6.07, 6.45) is 6.02. The van der Waals surface area contributed by atoms with E-state index in [1.165, 1.54) is 31.7 Å². The predicted octanol–water partition coefficient (Wildman–Crippen LogP) is 4.56. The summed E-state index contributed by atoms with van der Waals surface area (Å²) in [5, 5.41) is 3.51. The molecule has 0 aliphatic rings. The zero-order chi connectivity index (χ0) is 14.1. The third-order valence-corrected chi connectivity index (χ3v) is 3.44. The highest BCUT2D eigenvalue weighted by atomic mass is 19.1. The number of nitrogens with one attached hydrogen (secondary N) is 1. The summed E-state index contributed by atoms with van der Waals surface area (Å²) in [6, 6.07) is 7.54. The highest BCUT2D eigenvalue weighted by Crippen LogP contribution is 2.16. The molecule has 0 heterocycles. The average Bonchev–Trinajstić information content (AvgIpc) is 2.36. The number of unbranched alkanes of at least 4 members (excludes halogenated alkanes) is 2. The lowest BCUT2D eigenvalue weighted by atomic mass is 9.93. The Bertz CT molecular complexity index is 349. The van der Waals surface area contributed by atoms with Crippen LogP contribution in [0.15, 0.2) is 24.3 Å². The second kappa shape index (κ2) is 9.08. The molecular formula is C17H28FN. The minimum absolute atomic E-state index is 0.123. The van der Waals surface area contributed by atoms with Crippen molar-refractivity contribution in [1.29, 1.82) is 0 Å². The van der Waals surface area contributed by atoms with Gasteiger partial charge < -0.3 is 5.32 Å². The third-order valence-electron chi connectivity index (χ3n) is 3.44. The molecule has 0 aliphatic heterocycles. The molecule has 0 saturated carbocycles. The van der Waals surface area contributed by atoms with Gasteiger partial charge in [-0.15, -0.1) is 0 Å². The standard InChI is InChI=1S/C17H28FN/c1-4-5-6-8-16(13-19-14(2)3)11-15-9-7-10-17(18)12-15/h7,9-10,12,14,16,19H,4-6,8,11,13H2,1-3H3. The van der Waals surface area contributed by atoms with Gasteiger partial charge in [0.05, 0.1) is 0 Å². The van der Waals surface area contributed by atoms with Gasteiger partial charge in [-0.25, -0.2) is 4.39 Å². The molecule has 0 bridgehead atoms. The molecular weight excluding hydrogens is 237 g/mol. The number of hydrogen-bond acceptors (Lipinski definition) is 1. The van der Waals surface area contributed by atoms with E-state index in [0.717, 1.165) is 18.5 Å². The number of benzene rings is 1. The van der Waals surface area contributed by atoms with Gasteiger partial charge in [-0.1, -0.05) is 52.2 Å². The van der Waals surface area contributed by atoms with E-state index < -0.39 is 0 Å². The quantitative estimate of drug-likeness (QED) is 0.645. The minimum Gasteiger partial charge on any atom is -0.314 e. The molecule has 0 amide bonds. The molecule has 108 valence electrons. The summed E-state index contributed by atoms with van der Waals surface area (Å²) in [4.78, 5) is 0. The van der Waals surface area contributed by atoms with Crippen LogP contribution in [-0.2, 0) is 6.42 Å². The van der Waals surface area contributed by atoms with Gasteiger partial charge in [-0.05, 0) is 43.0 Å². The van der Waals surface area contributed by atoms with Crippen LogP contribution < -0.4 is 5.32 Å². The number of halogens is 1. The smallest absolute Gasteiger partial charge is 0.123 e. The van der Waals surface area contributed by atoms with Crippen LogP contribution in [0.3, 0.4) is 0 Å². The summed E-state index contributed by atoms with van der Waals surface area (Å²) < 4.78 is 13.2. The van der Waals surface area contributed by atoms with E-state index in [4.69, 9.17) is 0 Å². The Hall–Kier alpha value is -0.890. The molecule has 1 aromatic rings. The third kappa shape index (κ3) is 7.31. The summed E-state index contributed by atoms with van der Waals surface area (Å²) in [6.45, 7) is 7.60. The molecule has 0 saturated heterocycles. The van der Waals surface area contributed by atoms with Gasteiger partial charge in [0.25, 0.3) is 0 Å². The normalized spacial score (nSPS) is 12.9. The first-order valence-electron chi connectivity index (χ1n) is 7.59. The predicted molar refractivity (Wildman–Crippen MR) is 80.9 cm³/mol. The van der Waals surface area contributed by atoms with E-state index in [2.05, 4.69) is 26.1 Å². The molecule has 0 radical (unpaired) electrons. The van der Waals surface area contributed by atoms with Crippen molar-refractivity contribution in [3.8, 4) is 0 Å². The fourth-order valence-corrected chi connectivity index (χ4v) is 2.36. The summed E-state index contributed by atoms with van der Waals surface area (Å²) >= 11 is 0. The number of rotatable bonds is 9. The maximum atomic E-state index is 13.2. The molecule has 1 N–H and O–H groups in total. The lowest BCUT2D eigenvalue weighted by Gasteiger charge is -2.19. The first-order chi connectivity index (χ1) is 9.11. The van der Waals surface area contributed by atoms with E-state index in [1.807, 2.05) is 12.1 Å². The Kier molecular flexibility index (Phi) is 7.73. The van der Waals surface area contributed by atoms with Crippen LogP contribution in [0.2, 0.25) is 0 Å². The summed E-state index contributed by atoms with van der Waals surface area (Å²) in [5.74, 6) is 0.484. The Labute approximate surface area is 117 Å². The Morgan fingerprint density at radius 2 is 2.00 bits per heavy atom. The fraction of sp³-hybridized carbons (Fsp3) is 0.647. The maximum Gasteiger partial charge on any atom is 0.123 e. The van der Waals surface area contributed by atoms with Gasteiger partial charge in [0.1, 0.15) is 5.82 Å². The maximum absolute atomic E-state index is 13.2. The average molecular weight is 265 g/mol. The van der Waals surface area contributed by atoms with Crippen LogP contribution in [0.1, 0.15) is 52.0 Å². The van der Waals surface area contributed by atoms with Crippen LogP contribution in [-0.4, -0.2) is 12.6 Å². The van der Waals surface area contributed by atoms with Crippen LogP contribution >= 0.6 is 0 Å². The topological polar surface area (TPSA) is 12.0 Å². The van der Waals surface area contributed by atoms with E-state index in [1.54, 1.807) is 6.07 Å². The Morgan fingerprint density at radius 1 is 1.21 bits per heavy atom. The van der Waals surface area contributed by atoms with E-state index in [-0.39, 0.29) is 5.82 Å². The molecule has 1 unspecified atom stereocenters. The molecule has 1 nitrogen and oxygen atoms in total. The van der Waals surface area contributed by atoms with Crippen molar-refractivity contribution in [3.05, 3.63) is 35.6 Å². The van der Waals surface area contributed by atoms with Crippen LogP contribution in [0.25, 0.3) is 0 Å². The van der Waals surface area contributed by atoms with Gasteiger partial charge in [0.15, 0.2) is 0 Å². The van der Waals surface area contributed by atoms with E-state index in [0.29, 0.717) is 12.0 Å². The van der Waals surface area contributed by atoms with Crippen molar-refractivity contribution in [3.63, 3.8) is 0 Å². The Morgan fingerprint density at radius 3 is 2.63 bits per heavy atom. The second-order valence-electron chi connectivity index (χ2n) is 5.76. The van der Waals surface area contributed by atoms with Gasteiger partial charge in [0, 0.05) is 6.04 Å². The zero-order valence-corrected chi connectivity index (χ0v) is 12.6. The van der Waals surface area contributed by atoms with Gasteiger partial charge in [0.2, 0.25) is 0 Å². The summed E-state index contributed by atoms with van der Waals surface area (Å²) in [5.41, 5.74) is 1.12. The van der Waals surface area contributed by atoms with Gasteiger partial charge in [-0.2, -0.15) is 0 Å². The van der Waals surface area contributed by atoms with Crippen molar-refractivity contribution >= 4 is 0 Å². The van der Waals surface area contributed by atoms with Crippen molar-refractivity contribution in [2.75, 3.05) is 6.54 Å². The Balaban J connectivity index is 2.51. The second-order valence-corrected chi connectivity index (χ2v) is 5.76. The van der Waals surface area contributed by atoms with Gasteiger partial charge in [-0.3, -0.25) is 0 Å². The molecule has 1 aromatic carbocycles. The molecule has 19 heavy (non-hydrogen) atoms. The molecule has 0 spiro atoms. The van der Waals surface area contributed by atoms with Gasteiger partial charge >= 0.3 is 0 Å². The zero-order valence-electron chi connectivity index (χ0n) is 12.6. The lowest BCUT2D eigenvalue weighted by Crippen LogP contribution is -2.30. The van der Waals surface area contributed by atoms with Crippen molar-refractivity contribution in [2.24, 2.45) is 5.92 Å². The fourth-order valence-electron chi connectivity index (χ4n) is 2.36. The molecule has 1 atom stereocenters. The first kappa shape index (κ1) is 16.2. The highest BCUT2D eigenvalue weighted by Gasteiger charge is 2.10.